The standard InChI is InChI=1S/C15H21Cl2N3O/c1-2-10-3-5-20(9-10)6-4-14(21)19-15-12(16)7-11(18)8-13(15)17/h7-8,10H,2-6,9,18H2,1H3,(H,19,21). The number of hydrogen-bond donors (Lipinski definition) is 2. The summed E-state index contributed by atoms with van der Waals surface area (Å²) in [5, 5.41) is 3.49. The van der Waals surface area contributed by atoms with Gasteiger partial charge in [0.2, 0.25) is 5.91 Å². The fourth-order valence-corrected chi connectivity index (χ4v) is 3.22. The number of halogens is 2. The molecule has 0 saturated carbocycles. The van der Waals surface area contributed by atoms with Crippen LogP contribution in [-0.2, 0) is 4.79 Å². The summed E-state index contributed by atoms with van der Waals surface area (Å²) in [4.78, 5) is 14.4. The van der Waals surface area contributed by atoms with Crippen LogP contribution in [0.5, 0.6) is 0 Å². The Balaban J connectivity index is 1.85. The zero-order valence-electron chi connectivity index (χ0n) is 12.2. The molecule has 0 bridgehead atoms. The van der Waals surface area contributed by atoms with Crippen LogP contribution in [0.4, 0.5) is 11.4 Å². The first-order valence-electron chi connectivity index (χ1n) is 7.26. The Morgan fingerprint density at radius 2 is 2.10 bits per heavy atom. The summed E-state index contributed by atoms with van der Waals surface area (Å²) in [5.74, 6) is 0.692. The van der Waals surface area contributed by atoms with Gasteiger partial charge in [-0.15, -0.1) is 0 Å². The normalized spacial score (nSPS) is 18.9. The molecule has 1 aromatic rings. The zero-order chi connectivity index (χ0) is 15.4. The molecule has 6 heteroatoms. The molecule has 4 nitrogen and oxygen atoms in total. The summed E-state index contributed by atoms with van der Waals surface area (Å²) >= 11 is 12.1. The van der Waals surface area contributed by atoms with E-state index in [1.807, 2.05) is 0 Å². The van der Waals surface area contributed by atoms with Gasteiger partial charge < -0.3 is 16.0 Å². The molecule has 1 unspecified atom stereocenters. The average molecular weight is 330 g/mol. The summed E-state index contributed by atoms with van der Waals surface area (Å²) in [6.07, 6.45) is 2.88. The molecule has 1 saturated heterocycles. The van der Waals surface area contributed by atoms with Crippen LogP contribution in [0.15, 0.2) is 12.1 Å². The molecule has 0 spiro atoms. The number of amides is 1. The van der Waals surface area contributed by atoms with Crippen LogP contribution in [-0.4, -0.2) is 30.4 Å². The highest BCUT2D eigenvalue weighted by Crippen LogP contribution is 2.32. The van der Waals surface area contributed by atoms with Crippen molar-refractivity contribution in [1.82, 2.24) is 4.90 Å². The number of anilines is 2. The molecule has 1 heterocycles. The largest absolute Gasteiger partial charge is 0.399 e. The van der Waals surface area contributed by atoms with E-state index >= 15 is 0 Å². The van der Waals surface area contributed by atoms with Crippen LogP contribution in [0.2, 0.25) is 10.0 Å². The molecule has 2 rings (SSSR count). The van der Waals surface area contributed by atoms with Gasteiger partial charge in [0.05, 0.1) is 15.7 Å². The number of carbonyl (C=O) groups excluding carboxylic acids is 1. The first-order valence-corrected chi connectivity index (χ1v) is 8.02. The van der Waals surface area contributed by atoms with Gasteiger partial charge in [0, 0.05) is 25.2 Å². The van der Waals surface area contributed by atoms with E-state index in [1.54, 1.807) is 12.1 Å². The van der Waals surface area contributed by atoms with Crippen molar-refractivity contribution in [3.05, 3.63) is 22.2 Å². The van der Waals surface area contributed by atoms with E-state index in [9.17, 15) is 4.79 Å². The first kappa shape index (κ1) is 16.4. The van der Waals surface area contributed by atoms with Crippen LogP contribution < -0.4 is 11.1 Å². The monoisotopic (exact) mass is 329 g/mol. The van der Waals surface area contributed by atoms with Gasteiger partial charge >= 0.3 is 0 Å². The summed E-state index contributed by atoms with van der Waals surface area (Å²) in [7, 11) is 0. The third kappa shape index (κ3) is 4.50. The third-order valence-electron chi connectivity index (χ3n) is 3.93. The molecule has 1 fully saturated rings. The Bertz CT molecular complexity index is 499. The van der Waals surface area contributed by atoms with Crippen molar-refractivity contribution in [2.45, 2.75) is 26.2 Å². The molecule has 1 aliphatic rings. The third-order valence-corrected chi connectivity index (χ3v) is 4.53. The second kappa shape index (κ2) is 7.34. The van der Waals surface area contributed by atoms with E-state index in [4.69, 9.17) is 28.9 Å². The topological polar surface area (TPSA) is 58.4 Å². The lowest BCUT2D eigenvalue weighted by molar-refractivity contribution is -0.116. The quantitative estimate of drug-likeness (QED) is 0.811. The highest BCUT2D eigenvalue weighted by molar-refractivity contribution is 6.40. The minimum absolute atomic E-state index is 0.0801. The van der Waals surface area contributed by atoms with Gasteiger partial charge in [0.25, 0.3) is 0 Å². The molecule has 116 valence electrons. The number of benzene rings is 1. The molecule has 3 N–H and O–H groups in total. The lowest BCUT2D eigenvalue weighted by atomic mass is 10.1. The van der Waals surface area contributed by atoms with E-state index in [2.05, 4.69) is 17.1 Å². The maximum Gasteiger partial charge on any atom is 0.225 e. The summed E-state index contributed by atoms with van der Waals surface area (Å²) in [5.41, 5.74) is 6.55. The van der Waals surface area contributed by atoms with Gasteiger partial charge in [0.1, 0.15) is 0 Å². The Morgan fingerprint density at radius 3 is 2.67 bits per heavy atom. The van der Waals surface area contributed by atoms with Crippen molar-refractivity contribution in [1.29, 1.82) is 0 Å². The molecular formula is C15H21Cl2N3O. The fraction of sp³-hybridized carbons (Fsp3) is 0.533. The van der Waals surface area contributed by atoms with Gasteiger partial charge in [0.15, 0.2) is 0 Å². The highest BCUT2D eigenvalue weighted by Gasteiger charge is 2.21. The Kier molecular flexibility index (Phi) is 5.73. The van der Waals surface area contributed by atoms with Crippen molar-refractivity contribution < 1.29 is 4.79 Å². The lowest BCUT2D eigenvalue weighted by Crippen LogP contribution is -2.26. The van der Waals surface area contributed by atoms with Crippen LogP contribution in [0.25, 0.3) is 0 Å². The number of likely N-dealkylation sites (tertiary alicyclic amines) is 1. The fourth-order valence-electron chi connectivity index (χ4n) is 2.62. The summed E-state index contributed by atoms with van der Waals surface area (Å²) in [6.45, 7) is 5.15. The molecule has 0 aliphatic carbocycles. The first-order chi connectivity index (χ1) is 9.99. The highest BCUT2D eigenvalue weighted by atomic mass is 35.5. The number of nitrogens with two attached hydrogens (primary N) is 1. The maximum absolute atomic E-state index is 12.0. The average Bonchev–Trinajstić information content (AvgIpc) is 2.88. The second-order valence-corrected chi connectivity index (χ2v) is 6.34. The van der Waals surface area contributed by atoms with Gasteiger partial charge in [-0.1, -0.05) is 36.5 Å². The van der Waals surface area contributed by atoms with Crippen LogP contribution >= 0.6 is 23.2 Å². The van der Waals surface area contributed by atoms with E-state index in [0.29, 0.717) is 27.8 Å². The molecule has 0 aromatic heterocycles. The number of hydrogen-bond acceptors (Lipinski definition) is 3. The number of nitrogens with one attached hydrogen (secondary N) is 1. The lowest BCUT2D eigenvalue weighted by Gasteiger charge is -2.16. The maximum atomic E-state index is 12.0. The smallest absolute Gasteiger partial charge is 0.225 e. The zero-order valence-corrected chi connectivity index (χ0v) is 13.7. The SMILES string of the molecule is CCC1CCN(CCC(=O)Nc2c(Cl)cc(N)cc2Cl)C1. The van der Waals surface area contributed by atoms with Gasteiger partial charge in [-0.05, 0) is 31.0 Å². The summed E-state index contributed by atoms with van der Waals surface area (Å²) < 4.78 is 0. The predicted octanol–water partition coefficient (Wildman–Crippen LogP) is 3.64. The molecular weight excluding hydrogens is 309 g/mol. The van der Waals surface area contributed by atoms with E-state index in [1.165, 1.54) is 12.8 Å². The number of nitrogens with zero attached hydrogens (tertiary/aromatic N) is 1. The van der Waals surface area contributed by atoms with E-state index in [-0.39, 0.29) is 5.91 Å². The molecule has 21 heavy (non-hydrogen) atoms. The van der Waals surface area contributed by atoms with Gasteiger partial charge in [-0.2, -0.15) is 0 Å². The van der Waals surface area contributed by atoms with E-state index in [0.717, 1.165) is 25.6 Å². The van der Waals surface area contributed by atoms with Crippen molar-refractivity contribution in [2.75, 3.05) is 30.7 Å². The van der Waals surface area contributed by atoms with Crippen LogP contribution in [0, 0.1) is 5.92 Å². The predicted molar refractivity (Wildman–Crippen MR) is 89.0 cm³/mol. The van der Waals surface area contributed by atoms with Gasteiger partial charge in [-0.3, -0.25) is 4.79 Å². The minimum atomic E-state index is -0.0801. The second-order valence-electron chi connectivity index (χ2n) is 5.52. The number of carbonyl (C=O) groups is 1. The van der Waals surface area contributed by atoms with Crippen molar-refractivity contribution in [2.24, 2.45) is 5.92 Å². The van der Waals surface area contributed by atoms with Crippen molar-refractivity contribution >= 4 is 40.5 Å². The van der Waals surface area contributed by atoms with Crippen molar-refractivity contribution in [3.8, 4) is 0 Å². The molecule has 1 amide bonds. The molecule has 1 aliphatic heterocycles. The van der Waals surface area contributed by atoms with Crippen molar-refractivity contribution in [3.63, 3.8) is 0 Å². The number of rotatable bonds is 5. The van der Waals surface area contributed by atoms with Crippen LogP contribution in [0.3, 0.4) is 0 Å². The molecule has 1 aromatic carbocycles. The molecule has 1 atom stereocenters. The Hall–Kier alpha value is -0.970. The Labute approximate surface area is 135 Å². The minimum Gasteiger partial charge on any atom is -0.399 e. The Morgan fingerprint density at radius 1 is 1.43 bits per heavy atom. The summed E-state index contributed by atoms with van der Waals surface area (Å²) in [6, 6.07) is 3.16. The van der Waals surface area contributed by atoms with Crippen LogP contribution in [0.1, 0.15) is 26.2 Å². The molecule has 0 radical (unpaired) electrons. The van der Waals surface area contributed by atoms with Gasteiger partial charge in [-0.25, -0.2) is 0 Å². The van der Waals surface area contributed by atoms with E-state index < -0.39 is 0 Å². The number of nitrogen functional groups attached to an aromatic ring is 1.